The zero-order valence-corrected chi connectivity index (χ0v) is 10.7. The lowest BCUT2D eigenvalue weighted by molar-refractivity contribution is 1.10. The average molecular weight is 283 g/mol. The Hall–Kier alpha value is -0.870. The van der Waals surface area contributed by atoms with Crippen molar-refractivity contribution in [3.05, 3.63) is 45.4 Å². The molecule has 15 heavy (non-hydrogen) atoms. The lowest BCUT2D eigenvalue weighted by Crippen LogP contribution is -2.00. The van der Waals surface area contributed by atoms with Crippen LogP contribution in [0.4, 0.5) is 5.13 Å². The molecule has 1 aromatic carbocycles. The molecule has 0 saturated heterocycles. The van der Waals surface area contributed by atoms with Crippen molar-refractivity contribution in [3.63, 3.8) is 0 Å². The smallest absolute Gasteiger partial charge is 0.184 e. The summed E-state index contributed by atoms with van der Waals surface area (Å²) in [5.41, 5.74) is 2.62. The fourth-order valence-electron chi connectivity index (χ4n) is 1.31. The third-order valence-electron chi connectivity index (χ3n) is 2.17. The molecule has 0 unspecified atom stereocenters. The van der Waals surface area contributed by atoms with Gasteiger partial charge in [-0.15, -0.1) is 11.3 Å². The van der Waals surface area contributed by atoms with Crippen molar-refractivity contribution in [2.24, 2.45) is 0 Å². The molecule has 4 heteroatoms. The number of hydrogen-bond donors (Lipinski definition) is 1. The SMILES string of the molecule is Cc1ccccc1CNc1nc(Br)cs1. The van der Waals surface area contributed by atoms with E-state index in [9.17, 15) is 0 Å². The molecule has 2 rings (SSSR count). The molecule has 0 amide bonds. The van der Waals surface area contributed by atoms with Crippen molar-refractivity contribution in [3.8, 4) is 0 Å². The Morgan fingerprint density at radius 1 is 1.40 bits per heavy atom. The number of nitrogens with zero attached hydrogens (tertiary/aromatic N) is 1. The summed E-state index contributed by atoms with van der Waals surface area (Å²) in [6.07, 6.45) is 0. The Morgan fingerprint density at radius 3 is 2.87 bits per heavy atom. The van der Waals surface area contributed by atoms with Gasteiger partial charge in [0, 0.05) is 11.9 Å². The maximum Gasteiger partial charge on any atom is 0.184 e. The van der Waals surface area contributed by atoms with E-state index < -0.39 is 0 Å². The standard InChI is InChI=1S/C11H11BrN2S/c1-8-4-2-3-5-9(8)6-13-11-14-10(12)7-15-11/h2-5,7H,6H2,1H3,(H,13,14). The van der Waals surface area contributed by atoms with Crippen LogP contribution in [0.15, 0.2) is 34.2 Å². The maximum absolute atomic E-state index is 4.28. The van der Waals surface area contributed by atoms with E-state index >= 15 is 0 Å². The lowest BCUT2D eigenvalue weighted by atomic mass is 10.1. The number of aryl methyl sites for hydroxylation is 1. The number of anilines is 1. The third kappa shape index (κ3) is 2.79. The predicted octanol–water partition coefficient (Wildman–Crippen LogP) is 3.83. The molecule has 0 aliphatic heterocycles. The quantitative estimate of drug-likeness (QED) is 0.926. The first-order valence-corrected chi connectivity index (χ1v) is 6.32. The average Bonchev–Trinajstić information content (AvgIpc) is 2.63. The molecule has 0 saturated carbocycles. The maximum atomic E-state index is 4.28. The van der Waals surface area contributed by atoms with Crippen LogP contribution in [0.2, 0.25) is 0 Å². The minimum Gasteiger partial charge on any atom is -0.357 e. The van der Waals surface area contributed by atoms with Gasteiger partial charge in [-0.2, -0.15) is 0 Å². The van der Waals surface area contributed by atoms with Crippen molar-refractivity contribution in [2.75, 3.05) is 5.32 Å². The third-order valence-corrected chi connectivity index (χ3v) is 3.68. The Morgan fingerprint density at radius 2 is 2.20 bits per heavy atom. The molecular formula is C11H11BrN2S. The molecule has 0 fully saturated rings. The monoisotopic (exact) mass is 282 g/mol. The Labute approximate surface area is 101 Å². The molecule has 0 spiro atoms. The van der Waals surface area contributed by atoms with E-state index in [1.54, 1.807) is 11.3 Å². The van der Waals surface area contributed by atoms with Crippen LogP contribution in [-0.2, 0) is 6.54 Å². The van der Waals surface area contributed by atoms with Crippen LogP contribution in [0.25, 0.3) is 0 Å². The van der Waals surface area contributed by atoms with Gasteiger partial charge in [-0.3, -0.25) is 0 Å². The minimum atomic E-state index is 0.826. The number of hydrogen-bond acceptors (Lipinski definition) is 3. The van der Waals surface area contributed by atoms with E-state index in [1.165, 1.54) is 11.1 Å². The number of aromatic nitrogens is 1. The molecule has 2 aromatic rings. The van der Waals surface area contributed by atoms with E-state index in [1.807, 2.05) is 5.38 Å². The van der Waals surface area contributed by atoms with Crippen LogP contribution in [0.1, 0.15) is 11.1 Å². The zero-order valence-electron chi connectivity index (χ0n) is 8.33. The number of nitrogens with one attached hydrogen (secondary N) is 1. The molecule has 0 radical (unpaired) electrons. The molecule has 1 N–H and O–H groups in total. The number of halogens is 1. The predicted molar refractivity (Wildman–Crippen MR) is 68.3 cm³/mol. The molecule has 0 aliphatic carbocycles. The second kappa shape index (κ2) is 4.77. The summed E-state index contributed by atoms with van der Waals surface area (Å²) >= 11 is 4.94. The normalized spacial score (nSPS) is 10.3. The van der Waals surface area contributed by atoms with Crippen LogP contribution in [0.3, 0.4) is 0 Å². The first-order chi connectivity index (χ1) is 7.25. The van der Waals surface area contributed by atoms with Gasteiger partial charge in [0.05, 0.1) is 0 Å². The van der Waals surface area contributed by atoms with Crippen molar-refractivity contribution in [1.29, 1.82) is 0 Å². The summed E-state index contributed by atoms with van der Waals surface area (Å²) in [6.45, 7) is 2.95. The fourth-order valence-corrected chi connectivity index (χ4v) is 2.46. The highest BCUT2D eigenvalue weighted by Crippen LogP contribution is 2.20. The van der Waals surface area contributed by atoms with E-state index in [-0.39, 0.29) is 0 Å². The summed E-state index contributed by atoms with van der Waals surface area (Å²) in [5.74, 6) is 0. The minimum absolute atomic E-state index is 0.826. The number of rotatable bonds is 3. The van der Waals surface area contributed by atoms with Gasteiger partial charge in [0.1, 0.15) is 4.60 Å². The molecule has 78 valence electrons. The van der Waals surface area contributed by atoms with Gasteiger partial charge in [0.2, 0.25) is 0 Å². The Kier molecular flexibility index (Phi) is 3.38. The zero-order chi connectivity index (χ0) is 10.7. The van der Waals surface area contributed by atoms with Gasteiger partial charge < -0.3 is 5.32 Å². The van der Waals surface area contributed by atoms with Gasteiger partial charge in [-0.25, -0.2) is 4.98 Å². The van der Waals surface area contributed by atoms with Crippen LogP contribution in [0.5, 0.6) is 0 Å². The molecule has 0 atom stereocenters. The van der Waals surface area contributed by atoms with Crippen molar-refractivity contribution in [1.82, 2.24) is 4.98 Å². The van der Waals surface area contributed by atoms with E-state index in [0.717, 1.165) is 16.3 Å². The van der Waals surface area contributed by atoms with Gasteiger partial charge in [-0.1, -0.05) is 24.3 Å². The summed E-state index contributed by atoms with van der Waals surface area (Å²) in [6, 6.07) is 8.36. The highest BCUT2D eigenvalue weighted by atomic mass is 79.9. The molecule has 2 nitrogen and oxygen atoms in total. The second-order valence-electron chi connectivity index (χ2n) is 3.26. The molecular weight excluding hydrogens is 272 g/mol. The fraction of sp³-hybridized carbons (Fsp3) is 0.182. The van der Waals surface area contributed by atoms with E-state index in [4.69, 9.17) is 0 Å². The van der Waals surface area contributed by atoms with Crippen LogP contribution >= 0.6 is 27.3 Å². The van der Waals surface area contributed by atoms with Crippen LogP contribution in [0, 0.1) is 6.92 Å². The van der Waals surface area contributed by atoms with Crippen molar-refractivity contribution < 1.29 is 0 Å². The summed E-state index contributed by atoms with van der Waals surface area (Å²) < 4.78 is 0.889. The Balaban J connectivity index is 2.02. The molecule has 0 aliphatic rings. The van der Waals surface area contributed by atoms with Crippen LogP contribution in [-0.4, -0.2) is 4.98 Å². The highest BCUT2D eigenvalue weighted by Gasteiger charge is 2.00. The van der Waals surface area contributed by atoms with Gasteiger partial charge in [0.25, 0.3) is 0 Å². The number of thiazole rings is 1. The van der Waals surface area contributed by atoms with E-state index in [2.05, 4.69) is 57.4 Å². The largest absolute Gasteiger partial charge is 0.357 e. The Bertz CT molecular complexity index is 453. The first kappa shape index (κ1) is 10.6. The highest BCUT2D eigenvalue weighted by molar-refractivity contribution is 9.10. The topological polar surface area (TPSA) is 24.9 Å². The summed E-state index contributed by atoms with van der Waals surface area (Å²) in [7, 11) is 0. The van der Waals surface area contributed by atoms with Gasteiger partial charge >= 0.3 is 0 Å². The van der Waals surface area contributed by atoms with Crippen molar-refractivity contribution in [2.45, 2.75) is 13.5 Å². The molecule has 1 heterocycles. The number of benzene rings is 1. The van der Waals surface area contributed by atoms with Crippen LogP contribution < -0.4 is 5.32 Å². The summed E-state index contributed by atoms with van der Waals surface area (Å²) in [5, 5.41) is 6.22. The molecule has 0 bridgehead atoms. The summed E-state index contributed by atoms with van der Waals surface area (Å²) in [4.78, 5) is 4.28. The van der Waals surface area contributed by atoms with Gasteiger partial charge in [0.15, 0.2) is 5.13 Å². The lowest BCUT2D eigenvalue weighted by Gasteiger charge is -2.05. The second-order valence-corrected chi connectivity index (χ2v) is 4.93. The first-order valence-electron chi connectivity index (χ1n) is 4.65. The van der Waals surface area contributed by atoms with E-state index in [0.29, 0.717) is 0 Å². The molecule has 1 aromatic heterocycles. The van der Waals surface area contributed by atoms with Gasteiger partial charge in [-0.05, 0) is 34.0 Å². The van der Waals surface area contributed by atoms with Crippen molar-refractivity contribution >= 4 is 32.4 Å².